The Morgan fingerprint density at radius 3 is 2.52 bits per heavy atom. The first kappa shape index (κ1) is 20.0. The van der Waals surface area contributed by atoms with Gasteiger partial charge in [-0.25, -0.2) is 0 Å². The van der Waals surface area contributed by atoms with Crippen molar-refractivity contribution in [2.45, 2.75) is 44.4 Å². The standard InChI is InChI=1S/C22H25ClN2O4/c23-17-7-5-16(6-8-17)22(27)25(18-9-10-18)15-21(26)24(13-19-3-1-11-28-19)14-20-4-2-12-29-20/h1,3,5-8,11,18,20H,2,4,9-10,12-15H2. The third-order valence-corrected chi connectivity index (χ3v) is 5.62. The average Bonchev–Trinajstić information content (AvgIpc) is 3.18. The van der Waals surface area contributed by atoms with Crippen LogP contribution < -0.4 is 0 Å². The number of carbonyl (C=O) groups is 2. The van der Waals surface area contributed by atoms with Gasteiger partial charge in [0, 0.05) is 29.8 Å². The van der Waals surface area contributed by atoms with E-state index in [9.17, 15) is 9.59 Å². The Hall–Kier alpha value is -2.31. The lowest BCUT2D eigenvalue weighted by Crippen LogP contribution is -2.45. The summed E-state index contributed by atoms with van der Waals surface area (Å²) in [5.41, 5.74) is 0.547. The second-order valence-electron chi connectivity index (χ2n) is 7.66. The molecule has 1 aliphatic heterocycles. The maximum Gasteiger partial charge on any atom is 0.254 e. The second kappa shape index (κ2) is 9.01. The predicted molar refractivity (Wildman–Crippen MR) is 109 cm³/mol. The van der Waals surface area contributed by atoms with Crippen molar-refractivity contribution in [1.82, 2.24) is 9.80 Å². The average molecular weight is 417 g/mol. The summed E-state index contributed by atoms with van der Waals surface area (Å²) in [6, 6.07) is 10.6. The van der Waals surface area contributed by atoms with Crippen molar-refractivity contribution in [3.63, 3.8) is 0 Å². The SMILES string of the molecule is O=C(CN(C(=O)c1ccc(Cl)cc1)C1CC1)N(Cc1ccco1)CC1CCCO1. The third kappa shape index (κ3) is 5.19. The van der Waals surface area contributed by atoms with Crippen molar-refractivity contribution in [2.24, 2.45) is 0 Å². The van der Waals surface area contributed by atoms with Crippen LogP contribution in [0.25, 0.3) is 0 Å². The van der Waals surface area contributed by atoms with Gasteiger partial charge < -0.3 is 19.0 Å². The Morgan fingerprint density at radius 2 is 1.90 bits per heavy atom. The fourth-order valence-electron chi connectivity index (χ4n) is 3.64. The van der Waals surface area contributed by atoms with Crippen LogP contribution in [0.2, 0.25) is 5.02 Å². The number of halogens is 1. The van der Waals surface area contributed by atoms with Crippen LogP contribution in [0.1, 0.15) is 41.8 Å². The lowest BCUT2D eigenvalue weighted by Gasteiger charge is -2.29. The summed E-state index contributed by atoms with van der Waals surface area (Å²) in [6.07, 6.45) is 5.45. The number of rotatable bonds is 8. The number of carbonyl (C=O) groups excluding carboxylic acids is 2. The summed E-state index contributed by atoms with van der Waals surface area (Å²) in [5, 5.41) is 0.580. The molecular weight excluding hydrogens is 392 g/mol. The zero-order valence-electron chi connectivity index (χ0n) is 16.3. The summed E-state index contributed by atoms with van der Waals surface area (Å²) in [4.78, 5) is 29.7. The van der Waals surface area contributed by atoms with Gasteiger partial charge in [-0.1, -0.05) is 11.6 Å². The zero-order valence-corrected chi connectivity index (χ0v) is 17.0. The molecule has 4 rings (SSSR count). The first-order chi connectivity index (χ1) is 14.1. The maximum atomic E-state index is 13.2. The quantitative estimate of drug-likeness (QED) is 0.657. The van der Waals surface area contributed by atoms with Crippen LogP contribution in [-0.2, 0) is 16.1 Å². The molecule has 0 radical (unpaired) electrons. The van der Waals surface area contributed by atoms with Crippen LogP contribution in [0.3, 0.4) is 0 Å². The fourth-order valence-corrected chi connectivity index (χ4v) is 3.76. The molecule has 2 amide bonds. The van der Waals surface area contributed by atoms with Crippen LogP contribution >= 0.6 is 11.6 Å². The third-order valence-electron chi connectivity index (χ3n) is 5.37. The Kier molecular flexibility index (Phi) is 6.21. The van der Waals surface area contributed by atoms with E-state index in [1.807, 2.05) is 12.1 Å². The van der Waals surface area contributed by atoms with Gasteiger partial charge >= 0.3 is 0 Å². The van der Waals surface area contributed by atoms with Crippen molar-refractivity contribution < 1.29 is 18.7 Å². The Labute approximate surface area is 175 Å². The molecule has 1 saturated carbocycles. The monoisotopic (exact) mass is 416 g/mol. The van der Waals surface area contributed by atoms with Crippen molar-refractivity contribution in [3.8, 4) is 0 Å². The molecule has 0 spiro atoms. The zero-order chi connectivity index (χ0) is 20.2. The van der Waals surface area contributed by atoms with Crippen LogP contribution in [0.5, 0.6) is 0 Å². The normalized spacial score (nSPS) is 18.6. The number of hydrogen-bond acceptors (Lipinski definition) is 4. The molecule has 1 aliphatic carbocycles. The van der Waals surface area contributed by atoms with E-state index >= 15 is 0 Å². The Balaban J connectivity index is 1.47. The van der Waals surface area contributed by atoms with Crippen molar-refractivity contribution in [1.29, 1.82) is 0 Å². The van der Waals surface area contributed by atoms with Crippen LogP contribution in [0.15, 0.2) is 47.1 Å². The molecule has 1 unspecified atom stereocenters. The molecule has 0 N–H and O–H groups in total. The van der Waals surface area contributed by atoms with Crippen LogP contribution in [0.4, 0.5) is 0 Å². The van der Waals surface area contributed by atoms with Gasteiger partial charge in [-0.05, 0) is 62.1 Å². The van der Waals surface area contributed by atoms with Gasteiger partial charge in [0.25, 0.3) is 5.91 Å². The minimum absolute atomic E-state index is 0.0373. The molecule has 2 aliphatic rings. The van der Waals surface area contributed by atoms with Crippen LogP contribution in [-0.4, -0.2) is 53.5 Å². The first-order valence-corrected chi connectivity index (χ1v) is 10.5. The van der Waals surface area contributed by atoms with Gasteiger partial charge in [0.1, 0.15) is 12.3 Å². The van der Waals surface area contributed by atoms with E-state index in [2.05, 4.69) is 0 Å². The molecular formula is C22H25ClN2O4. The van der Waals surface area contributed by atoms with Crippen LogP contribution in [0, 0.1) is 0 Å². The number of benzene rings is 1. The highest BCUT2D eigenvalue weighted by atomic mass is 35.5. The molecule has 1 saturated heterocycles. The molecule has 7 heteroatoms. The maximum absolute atomic E-state index is 13.2. The highest BCUT2D eigenvalue weighted by Gasteiger charge is 2.36. The molecule has 6 nitrogen and oxygen atoms in total. The van der Waals surface area contributed by atoms with E-state index in [0.29, 0.717) is 23.7 Å². The van der Waals surface area contributed by atoms with E-state index in [1.54, 1.807) is 40.3 Å². The van der Waals surface area contributed by atoms with E-state index in [0.717, 1.165) is 38.1 Å². The summed E-state index contributed by atoms with van der Waals surface area (Å²) < 4.78 is 11.2. The topological polar surface area (TPSA) is 63.0 Å². The Morgan fingerprint density at radius 1 is 1.10 bits per heavy atom. The number of furan rings is 1. The minimum Gasteiger partial charge on any atom is -0.467 e. The molecule has 1 aromatic heterocycles. The van der Waals surface area contributed by atoms with Crippen molar-refractivity contribution in [3.05, 3.63) is 59.0 Å². The van der Waals surface area contributed by atoms with Gasteiger partial charge in [-0.3, -0.25) is 9.59 Å². The molecule has 154 valence electrons. The largest absolute Gasteiger partial charge is 0.467 e. The molecule has 2 heterocycles. The summed E-state index contributed by atoms with van der Waals surface area (Å²) in [5.74, 6) is 0.497. The van der Waals surface area contributed by atoms with Crippen molar-refractivity contribution in [2.75, 3.05) is 19.7 Å². The second-order valence-corrected chi connectivity index (χ2v) is 8.10. The molecule has 2 fully saturated rings. The lowest BCUT2D eigenvalue weighted by molar-refractivity contribution is -0.134. The highest BCUT2D eigenvalue weighted by Crippen LogP contribution is 2.29. The minimum atomic E-state index is -0.132. The van der Waals surface area contributed by atoms with Gasteiger partial charge in [-0.15, -0.1) is 0 Å². The van der Waals surface area contributed by atoms with E-state index < -0.39 is 0 Å². The molecule has 1 aromatic carbocycles. The van der Waals surface area contributed by atoms with Crippen molar-refractivity contribution >= 4 is 23.4 Å². The fraction of sp³-hybridized carbons (Fsp3) is 0.455. The summed E-state index contributed by atoms with van der Waals surface area (Å²) >= 11 is 5.94. The number of ether oxygens (including phenoxy) is 1. The molecule has 29 heavy (non-hydrogen) atoms. The molecule has 0 bridgehead atoms. The lowest BCUT2D eigenvalue weighted by atomic mass is 10.2. The molecule has 1 atom stereocenters. The van der Waals surface area contributed by atoms with E-state index in [4.69, 9.17) is 20.8 Å². The smallest absolute Gasteiger partial charge is 0.254 e. The van der Waals surface area contributed by atoms with Gasteiger partial charge in [-0.2, -0.15) is 0 Å². The number of nitrogens with zero attached hydrogens (tertiary/aromatic N) is 2. The number of hydrogen-bond donors (Lipinski definition) is 0. The van der Waals surface area contributed by atoms with Gasteiger partial charge in [0.05, 0.1) is 18.9 Å². The van der Waals surface area contributed by atoms with Gasteiger partial charge in [0.2, 0.25) is 5.91 Å². The predicted octanol–water partition coefficient (Wildman–Crippen LogP) is 3.75. The molecule has 2 aromatic rings. The van der Waals surface area contributed by atoms with E-state index in [-0.39, 0.29) is 30.5 Å². The van der Waals surface area contributed by atoms with E-state index in [1.165, 1.54) is 0 Å². The Bertz CT molecular complexity index is 827. The summed E-state index contributed by atoms with van der Waals surface area (Å²) in [6.45, 7) is 1.67. The summed E-state index contributed by atoms with van der Waals surface area (Å²) in [7, 11) is 0. The van der Waals surface area contributed by atoms with Gasteiger partial charge in [0.15, 0.2) is 0 Å². The number of amides is 2. The highest BCUT2D eigenvalue weighted by molar-refractivity contribution is 6.30. The first-order valence-electron chi connectivity index (χ1n) is 10.1.